The Morgan fingerprint density at radius 1 is 1.00 bits per heavy atom. The first-order valence-corrected chi connectivity index (χ1v) is 11.3. The topological polar surface area (TPSA) is 69.7 Å². The molecule has 1 saturated carbocycles. The summed E-state index contributed by atoms with van der Waals surface area (Å²) in [7, 11) is -3.60. The fourth-order valence-electron chi connectivity index (χ4n) is 3.50. The third-order valence-electron chi connectivity index (χ3n) is 5.27. The smallest absolute Gasteiger partial charge is 0.253 e. The van der Waals surface area contributed by atoms with Gasteiger partial charge in [0.1, 0.15) is 5.82 Å². The van der Waals surface area contributed by atoms with Crippen LogP contribution in [-0.2, 0) is 10.0 Å². The highest BCUT2D eigenvalue weighted by Gasteiger charge is 2.29. The molecule has 0 spiro atoms. The van der Waals surface area contributed by atoms with Crippen LogP contribution < -0.4 is 9.62 Å². The molecule has 154 valence electrons. The fourth-order valence-corrected chi connectivity index (χ4v) is 4.85. The summed E-state index contributed by atoms with van der Waals surface area (Å²) in [4.78, 5) is 17.0. The van der Waals surface area contributed by atoms with Crippen molar-refractivity contribution < 1.29 is 17.6 Å². The van der Waals surface area contributed by atoms with Crippen molar-refractivity contribution in [3.05, 3.63) is 59.9 Å². The first-order chi connectivity index (χ1) is 13.9. The van der Waals surface area contributed by atoms with Crippen LogP contribution in [0.2, 0.25) is 0 Å². The molecule has 1 aliphatic heterocycles. The molecule has 2 aromatic rings. The molecule has 0 radical (unpaired) electrons. The van der Waals surface area contributed by atoms with Crippen LogP contribution in [0, 0.1) is 5.82 Å². The van der Waals surface area contributed by atoms with Crippen LogP contribution in [-0.4, -0.2) is 51.4 Å². The van der Waals surface area contributed by atoms with Gasteiger partial charge >= 0.3 is 0 Å². The maximum absolute atomic E-state index is 13.2. The van der Waals surface area contributed by atoms with Gasteiger partial charge in [0, 0.05) is 43.5 Å². The van der Waals surface area contributed by atoms with Gasteiger partial charge in [0.05, 0.1) is 4.90 Å². The van der Waals surface area contributed by atoms with Crippen molar-refractivity contribution in [1.82, 2.24) is 9.62 Å². The molecule has 1 saturated heterocycles. The predicted octanol–water partition coefficient (Wildman–Crippen LogP) is 2.62. The molecule has 2 fully saturated rings. The lowest BCUT2D eigenvalue weighted by molar-refractivity contribution is 0.0767. The van der Waals surface area contributed by atoms with Crippen LogP contribution >= 0.6 is 0 Å². The second kappa shape index (κ2) is 8.12. The Labute approximate surface area is 170 Å². The normalized spacial score (nSPS) is 17.8. The second-order valence-electron chi connectivity index (χ2n) is 7.53. The van der Waals surface area contributed by atoms with Crippen molar-refractivity contribution >= 4 is 21.6 Å². The number of nitrogens with zero attached hydrogens (tertiary/aromatic N) is 2. The van der Waals surface area contributed by atoms with Gasteiger partial charge in [-0.15, -0.1) is 0 Å². The molecule has 29 heavy (non-hydrogen) atoms. The van der Waals surface area contributed by atoms with E-state index in [0.717, 1.165) is 31.5 Å². The zero-order valence-electron chi connectivity index (χ0n) is 16.1. The number of anilines is 1. The molecule has 2 aromatic carbocycles. The van der Waals surface area contributed by atoms with E-state index >= 15 is 0 Å². The van der Waals surface area contributed by atoms with Crippen LogP contribution in [0.4, 0.5) is 10.1 Å². The number of carbonyl (C=O) groups excluding carboxylic acids is 1. The van der Waals surface area contributed by atoms with E-state index in [0.29, 0.717) is 25.2 Å². The summed E-state index contributed by atoms with van der Waals surface area (Å²) in [6.07, 6.45) is 2.50. The first-order valence-electron chi connectivity index (χ1n) is 9.84. The second-order valence-corrected chi connectivity index (χ2v) is 9.25. The quantitative estimate of drug-likeness (QED) is 0.812. The summed E-state index contributed by atoms with van der Waals surface area (Å²) < 4.78 is 40.7. The van der Waals surface area contributed by atoms with Crippen LogP contribution in [0.3, 0.4) is 0 Å². The Hall–Kier alpha value is -2.45. The van der Waals surface area contributed by atoms with Gasteiger partial charge in [-0.3, -0.25) is 4.79 Å². The molecule has 1 aliphatic carbocycles. The first kappa shape index (κ1) is 19.8. The van der Waals surface area contributed by atoms with Crippen molar-refractivity contribution in [2.24, 2.45) is 0 Å². The van der Waals surface area contributed by atoms with Crippen molar-refractivity contribution in [3.63, 3.8) is 0 Å². The number of amides is 1. The highest BCUT2D eigenvalue weighted by molar-refractivity contribution is 7.89. The van der Waals surface area contributed by atoms with Gasteiger partial charge in [-0.1, -0.05) is 6.07 Å². The van der Waals surface area contributed by atoms with E-state index in [9.17, 15) is 17.6 Å². The van der Waals surface area contributed by atoms with Crippen molar-refractivity contribution in [3.8, 4) is 0 Å². The minimum Gasteiger partial charge on any atom is -0.370 e. The molecule has 0 aromatic heterocycles. The highest BCUT2D eigenvalue weighted by Crippen LogP contribution is 2.23. The molecular weight excluding hydrogens is 393 g/mol. The molecule has 1 N–H and O–H groups in total. The lowest BCUT2D eigenvalue weighted by Gasteiger charge is -2.24. The minimum atomic E-state index is -3.60. The van der Waals surface area contributed by atoms with Crippen LogP contribution in [0.15, 0.2) is 53.4 Å². The van der Waals surface area contributed by atoms with Crippen LogP contribution in [0.5, 0.6) is 0 Å². The number of benzene rings is 2. The van der Waals surface area contributed by atoms with Crippen molar-refractivity contribution in [2.45, 2.75) is 30.2 Å². The van der Waals surface area contributed by atoms with E-state index in [-0.39, 0.29) is 22.7 Å². The van der Waals surface area contributed by atoms with E-state index in [4.69, 9.17) is 0 Å². The summed E-state index contributed by atoms with van der Waals surface area (Å²) in [6.45, 7) is 2.52. The van der Waals surface area contributed by atoms with Crippen molar-refractivity contribution in [2.75, 3.05) is 31.1 Å². The Kier molecular flexibility index (Phi) is 5.56. The molecule has 0 bridgehead atoms. The van der Waals surface area contributed by atoms with E-state index in [1.165, 1.54) is 24.3 Å². The molecule has 0 unspecified atom stereocenters. The number of nitrogens with one attached hydrogen (secondary N) is 1. The zero-order valence-corrected chi connectivity index (χ0v) is 16.9. The number of hydrogen-bond donors (Lipinski definition) is 1. The summed E-state index contributed by atoms with van der Waals surface area (Å²) in [6, 6.07) is 12.6. The molecule has 0 atom stereocenters. The average molecular weight is 418 g/mol. The number of rotatable bonds is 5. The van der Waals surface area contributed by atoms with Gasteiger partial charge in [0.25, 0.3) is 5.91 Å². The summed E-state index contributed by atoms with van der Waals surface area (Å²) in [5.41, 5.74) is 1.30. The SMILES string of the molecule is O=C(c1cccc(S(=O)(=O)NC2CC2)c1)N1CCCN(c2ccc(F)cc2)CC1. The predicted molar refractivity (Wildman–Crippen MR) is 109 cm³/mol. The number of carbonyl (C=O) groups is 1. The van der Waals surface area contributed by atoms with Gasteiger partial charge in [-0.25, -0.2) is 17.5 Å². The highest BCUT2D eigenvalue weighted by atomic mass is 32.2. The zero-order chi connectivity index (χ0) is 20.4. The molecule has 1 amide bonds. The van der Waals surface area contributed by atoms with Gasteiger partial charge in [-0.2, -0.15) is 0 Å². The van der Waals surface area contributed by atoms with Crippen molar-refractivity contribution in [1.29, 1.82) is 0 Å². The van der Waals surface area contributed by atoms with Gasteiger partial charge in [0.2, 0.25) is 10.0 Å². The lowest BCUT2D eigenvalue weighted by Crippen LogP contribution is -2.35. The van der Waals surface area contributed by atoms with Crippen LogP contribution in [0.25, 0.3) is 0 Å². The van der Waals surface area contributed by atoms with E-state index < -0.39 is 10.0 Å². The number of sulfonamides is 1. The maximum atomic E-state index is 13.2. The molecular formula is C21H24FN3O3S. The van der Waals surface area contributed by atoms with E-state index in [1.807, 2.05) is 0 Å². The third kappa shape index (κ3) is 4.76. The Balaban J connectivity index is 1.45. The standard InChI is InChI=1S/C21H24FN3O3S/c22-17-5-9-19(10-6-17)24-11-2-12-25(14-13-24)21(26)16-3-1-4-20(15-16)29(27,28)23-18-7-8-18/h1,3-6,9-10,15,18,23H,2,7-8,11-14H2. The van der Waals surface area contributed by atoms with Crippen LogP contribution in [0.1, 0.15) is 29.6 Å². The van der Waals surface area contributed by atoms with Gasteiger partial charge in [0.15, 0.2) is 0 Å². The summed E-state index contributed by atoms with van der Waals surface area (Å²) in [5.74, 6) is -0.444. The minimum absolute atomic E-state index is 0.0161. The van der Waals surface area contributed by atoms with Gasteiger partial charge < -0.3 is 9.80 Å². The molecule has 4 rings (SSSR count). The number of hydrogen-bond acceptors (Lipinski definition) is 4. The van der Waals surface area contributed by atoms with E-state index in [1.54, 1.807) is 29.2 Å². The molecule has 2 aliphatic rings. The lowest BCUT2D eigenvalue weighted by atomic mass is 10.2. The van der Waals surface area contributed by atoms with Gasteiger partial charge in [-0.05, 0) is 61.7 Å². The summed E-state index contributed by atoms with van der Waals surface area (Å²) in [5, 5.41) is 0. The number of halogens is 1. The Bertz CT molecular complexity index is 990. The monoisotopic (exact) mass is 417 g/mol. The summed E-state index contributed by atoms with van der Waals surface area (Å²) >= 11 is 0. The maximum Gasteiger partial charge on any atom is 0.253 e. The Morgan fingerprint density at radius 2 is 1.76 bits per heavy atom. The Morgan fingerprint density at radius 3 is 2.48 bits per heavy atom. The fraction of sp³-hybridized carbons (Fsp3) is 0.381. The molecule has 6 nitrogen and oxygen atoms in total. The largest absolute Gasteiger partial charge is 0.370 e. The molecule has 1 heterocycles. The molecule has 8 heteroatoms. The average Bonchev–Trinajstić information content (AvgIpc) is 3.54. The van der Waals surface area contributed by atoms with E-state index in [2.05, 4.69) is 9.62 Å². The third-order valence-corrected chi connectivity index (χ3v) is 6.78.